The van der Waals surface area contributed by atoms with Gasteiger partial charge in [0.1, 0.15) is 0 Å². The highest BCUT2D eigenvalue weighted by Gasteiger charge is 2.09. The van der Waals surface area contributed by atoms with Crippen molar-refractivity contribution in [3.05, 3.63) is 35.9 Å². The van der Waals surface area contributed by atoms with E-state index in [1.807, 2.05) is 18.2 Å². The zero-order valence-corrected chi connectivity index (χ0v) is 11.2. The third-order valence-electron chi connectivity index (χ3n) is 2.81. The summed E-state index contributed by atoms with van der Waals surface area (Å²) in [6, 6.07) is 10.1. The number of carbonyl (C=O) groups excluding carboxylic acids is 1. The van der Waals surface area contributed by atoms with Gasteiger partial charge in [-0.1, -0.05) is 30.3 Å². The fourth-order valence-electron chi connectivity index (χ4n) is 1.73. The topological polar surface area (TPSA) is 43.8 Å². The molecule has 0 saturated carbocycles. The van der Waals surface area contributed by atoms with E-state index in [1.165, 1.54) is 5.56 Å². The molecule has 0 aromatic heterocycles. The van der Waals surface area contributed by atoms with E-state index in [9.17, 15) is 4.79 Å². The Labute approximate surface area is 109 Å². The van der Waals surface area contributed by atoms with E-state index in [4.69, 9.17) is 5.11 Å². The van der Waals surface area contributed by atoms with Gasteiger partial charge in [-0.05, 0) is 5.56 Å². The number of aliphatic hydroxyl groups is 1. The van der Waals surface area contributed by atoms with Crippen LogP contribution in [0.5, 0.6) is 0 Å². The zero-order valence-electron chi connectivity index (χ0n) is 11.2. The molecule has 0 bridgehead atoms. The minimum absolute atomic E-state index is 0.114. The monoisotopic (exact) mass is 250 g/mol. The Kier molecular flexibility index (Phi) is 6.39. The molecule has 0 aliphatic carbocycles. The van der Waals surface area contributed by atoms with Crippen LogP contribution in [0.2, 0.25) is 0 Å². The van der Waals surface area contributed by atoms with Crippen LogP contribution in [0.3, 0.4) is 0 Å². The van der Waals surface area contributed by atoms with E-state index >= 15 is 0 Å². The molecule has 4 heteroatoms. The lowest BCUT2D eigenvalue weighted by Crippen LogP contribution is -2.32. The molecule has 0 unspecified atom stereocenters. The van der Waals surface area contributed by atoms with Gasteiger partial charge in [0.15, 0.2) is 0 Å². The van der Waals surface area contributed by atoms with Crippen molar-refractivity contribution in [2.45, 2.75) is 13.0 Å². The Morgan fingerprint density at radius 2 is 1.83 bits per heavy atom. The second-order valence-corrected chi connectivity index (χ2v) is 4.52. The molecule has 1 aromatic rings. The smallest absolute Gasteiger partial charge is 0.223 e. The molecule has 0 radical (unpaired) electrons. The first kappa shape index (κ1) is 14.7. The lowest BCUT2D eigenvalue weighted by Gasteiger charge is -2.22. The van der Waals surface area contributed by atoms with E-state index in [-0.39, 0.29) is 12.5 Å². The molecule has 1 rings (SSSR count). The normalized spacial score (nSPS) is 10.7. The number of benzene rings is 1. The Balaban J connectivity index is 2.47. The van der Waals surface area contributed by atoms with Crippen LogP contribution in [-0.2, 0) is 11.3 Å². The minimum atomic E-state index is 0.114. The molecule has 0 aliphatic rings. The number of hydrogen-bond acceptors (Lipinski definition) is 3. The molecule has 0 fully saturated rings. The summed E-state index contributed by atoms with van der Waals surface area (Å²) in [7, 11) is 3.52. The second kappa shape index (κ2) is 7.84. The molecule has 1 N–H and O–H groups in total. The van der Waals surface area contributed by atoms with E-state index in [0.717, 1.165) is 6.54 Å². The molecule has 0 saturated heterocycles. The van der Waals surface area contributed by atoms with Crippen molar-refractivity contribution in [1.29, 1.82) is 0 Å². The van der Waals surface area contributed by atoms with E-state index in [2.05, 4.69) is 17.0 Å². The van der Waals surface area contributed by atoms with Gasteiger partial charge in [-0.25, -0.2) is 0 Å². The Morgan fingerprint density at radius 3 is 2.39 bits per heavy atom. The van der Waals surface area contributed by atoms with Gasteiger partial charge < -0.3 is 10.0 Å². The van der Waals surface area contributed by atoms with Gasteiger partial charge in [0, 0.05) is 40.2 Å². The van der Waals surface area contributed by atoms with Gasteiger partial charge in [-0.2, -0.15) is 0 Å². The van der Waals surface area contributed by atoms with E-state index in [0.29, 0.717) is 19.5 Å². The van der Waals surface area contributed by atoms with Crippen molar-refractivity contribution >= 4 is 5.91 Å². The van der Waals surface area contributed by atoms with Crippen LogP contribution in [0, 0.1) is 0 Å². The molecule has 0 heterocycles. The fourth-order valence-corrected chi connectivity index (χ4v) is 1.73. The maximum atomic E-state index is 11.5. The van der Waals surface area contributed by atoms with Gasteiger partial charge in [-0.15, -0.1) is 0 Å². The SMILES string of the molecule is CN(C)C(=O)CCN(CCO)Cc1ccccc1. The Hall–Kier alpha value is -1.39. The number of amides is 1. The van der Waals surface area contributed by atoms with Gasteiger partial charge in [-0.3, -0.25) is 9.69 Å². The minimum Gasteiger partial charge on any atom is -0.395 e. The largest absolute Gasteiger partial charge is 0.395 e. The molecule has 1 amide bonds. The van der Waals surface area contributed by atoms with Crippen molar-refractivity contribution in [1.82, 2.24) is 9.80 Å². The third kappa shape index (κ3) is 5.29. The van der Waals surface area contributed by atoms with Crippen LogP contribution in [0.15, 0.2) is 30.3 Å². The van der Waals surface area contributed by atoms with Crippen LogP contribution < -0.4 is 0 Å². The molecule has 0 atom stereocenters. The van der Waals surface area contributed by atoms with Crippen molar-refractivity contribution in [3.63, 3.8) is 0 Å². The standard InChI is InChI=1S/C14H22N2O2/c1-15(2)14(18)8-9-16(10-11-17)12-13-6-4-3-5-7-13/h3-7,17H,8-12H2,1-2H3. The Bertz CT molecular complexity index is 352. The van der Waals surface area contributed by atoms with Crippen molar-refractivity contribution in [2.24, 2.45) is 0 Å². The highest BCUT2D eigenvalue weighted by Crippen LogP contribution is 2.05. The average molecular weight is 250 g/mol. The number of nitrogens with zero attached hydrogens (tertiary/aromatic N) is 2. The molecule has 0 spiro atoms. The summed E-state index contributed by atoms with van der Waals surface area (Å²) in [5.41, 5.74) is 1.20. The summed E-state index contributed by atoms with van der Waals surface area (Å²) in [4.78, 5) is 15.2. The van der Waals surface area contributed by atoms with Crippen LogP contribution in [0.4, 0.5) is 0 Å². The lowest BCUT2D eigenvalue weighted by molar-refractivity contribution is -0.129. The first-order valence-electron chi connectivity index (χ1n) is 6.20. The number of aliphatic hydroxyl groups excluding tert-OH is 1. The molecule has 4 nitrogen and oxygen atoms in total. The predicted molar refractivity (Wildman–Crippen MR) is 72.1 cm³/mol. The lowest BCUT2D eigenvalue weighted by atomic mass is 10.2. The number of carbonyl (C=O) groups is 1. The van der Waals surface area contributed by atoms with Crippen molar-refractivity contribution in [2.75, 3.05) is 33.8 Å². The number of hydrogen-bond donors (Lipinski definition) is 1. The third-order valence-corrected chi connectivity index (χ3v) is 2.81. The zero-order chi connectivity index (χ0) is 13.4. The molecular weight excluding hydrogens is 228 g/mol. The van der Waals surface area contributed by atoms with E-state index in [1.54, 1.807) is 19.0 Å². The highest BCUT2D eigenvalue weighted by molar-refractivity contribution is 5.75. The van der Waals surface area contributed by atoms with Gasteiger partial charge >= 0.3 is 0 Å². The first-order valence-corrected chi connectivity index (χ1v) is 6.20. The van der Waals surface area contributed by atoms with Crippen LogP contribution >= 0.6 is 0 Å². The van der Waals surface area contributed by atoms with Gasteiger partial charge in [0.05, 0.1) is 6.61 Å². The molecule has 100 valence electrons. The van der Waals surface area contributed by atoms with E-state index < -0.39 is 0 Å². The quantitative estimate of drug-likeness (QED) is 0.784. The molecule has 1 aromatic carbocycles. The summed E-state index contributed by atoms with van der Waals surface area (Å²) in [6.07, 6.45) is 0.486. The maximum Gasteiger partial charge on any atom is 0.223 e. The maximum absolute atomic E-state index is 11.5. The summed E-state index contributed by atoms with van der Waals surface area (Å²) in [5, 5.41) is 9.05. The van der Waals surface area contributed by atoms with Crippen molar-refractivity contribution < 1.29 is 9.90 Å². The van der Waals surface area contributed by atoms with Crippen molar-refractivity contribution in [3.8, 4) is 0 Å². The Morgan fingerprint density at radius 1 is 1.17 bits per heavy atom. The molecule has 0 aliphatic heterocycles. The van der Waals surface area contributed by atoms with Crippen LogP contribution in [0.25, 0.3) is 0 Å². The predicted octanol–water partition coefficient (Wildman–Crippen LogP) is 0.959. The molecular formula is C14H22N2O2. The first-order chi connectivity index (χ1) is 8.63. The highest BCUT2D eigenvalue weighted by atomic mass is 16.3. The summed E-state index contributed by atoms with van der Waals surface area (Å²) in [6.45, 7) is 2.15. The fraction of sp³-hybridized carbons (Fsp3) is 0.500. The summed E-state index contributed by atoms with van der Waals surface area (Å²) >= 11 is 0. The van der Waals surface area contributed by atoms with Gasteiger partial charge in [0.25, 0.3) is 0 Å². The van der Waals surface area contributed by atoms with Gasteiger partial charge in [0.2, 0.25) is 5.91 Å². The number of rotatable bonds is 7. The van der Waals surface area contributed by atoms with Crippen LogP contribution in [0.1, 0.15) is 12.0 Å². The summed E-state index contributed by atoms with van der Waals surface area (Å²) < 4.78 is 0. The molecule has 18 heavy (non-hydrogen) atoms. The van der Waals surface area contributed by atoms with Crippen LogP contribution in [-0.4, -0.2) is 54.6 Å². The second-order valence-electron chi connectivity index (χ2n) is 4.52. The average Bonchev–Trinajstić information content (AvgIpc) is 2.37. The summed E-state index contributed by atoms with van der Waals surface area (Å²) in [5.74, 6) is 0.117.